The number of nitrogens with one attached hydrogen (secondary N) is 1. The summed E-state index contributed by atoms with van der Waals surface area (Å²) in [5, 5.41) is 2.77. The van der Waals surface area contributed by atoms with Crippen LogP contribution in [0.25, 0.3) is 0 Å². The summed E-state index contributed by atoms with van der Waals surface area (Å²) in [6.45, 7) is 3.08. The average Bonchev–Trinajstić information content (AvgIpc) is 2.99. The van der Waals surface area contributed by atoms with Gasteiger partial charge >= 0.3 is 0 Å². The quantitative estimate of drug-likeness (QED) is 0.779. The Morgan fingerprint density at radius 2 is 1.66 bits per heavy atom. The fraction of sp³-hybridized carbons (Fsp3) is 0.429. The van der Waals surface area contributed by atoms with Crippen molar-refractivity contribution in [3.63, 3.8) is 0 Å². The molecule has 1 aliphatic rings. The molecule has 1 saturated heterocycles. The second-order valence-corrected chi connectivity index (χ2v) is 9.35. The van der Waals surface area contributed by atoms with E-state index in [0.29, 0.717) is 19.6 Å². The van der Waals surface area contributed by atoms with Crippen LogP contribution in [-0.4, -0.2) is 36.3 Å². The average molecular weight is 418 g/mol. The van der Waals surface area contributed by atoms with E-state index in [-0.39, 0.29) is 17.3 Å². The zero-order valence-electron chi connectivity index (χ0n) is 16.6. The van der Waals surface area contributed by atoms with Gasteiger partial charge in [-0.15, -0.1) is 0 Å². The van der Waals surface area contributed by atoms with E-state index in [1.165, 1.54) is 22.6 Å². The zero-order valence-corrected chi connectivity index (χ0v) is 17.5. The van der Waals surface area contributed by atoms with Crippen LogP contribution in [0.3, 0.4) is 0 Å². The molecule has 1 fully saturated rings. The molecule has 1 amide bonds. The molecular formula is C21H27N3O4S. The number of sulfonamides is 1. The SMILES string of the molecule is Cc1ccc(CNC(=O)Cn2cc(S(=O)(=O)N3CCCCCC3)ccc2=O)cc1. The van der Waals surface area contributed by atoms with Gasteiger partial charge in [0.1, 0.15) is 6.54 Å². The standard InChI is InChI=1S/C21H27N3O4S/c1-17-6-8-18(9-7-17)14-22-20(25)16-23-15-19(10-11-21(23)26)29(27,28)24-12-4-2-3-5-13-24/h6-11,15H,2-5,12-14,16H2,1H3,(H,22,25). The number of pyridine rings is 1. The number of hydrogen-bond acceptors (Lipinski definition) is 4. The number of aryl methyl sites for hydroxylation is 1. The highest BCUT2D eigenvalue weighted by atomic mass is 32.2. The molecule has 0 unspecified atom stereocenters. The normalized spacial score (nSPS) is 15.6. The maximum atomic E-state index is 12.9. The third-order valence-corrected chi connectivity index (χ3v) is 6.97. The minimum absolute atomic E-state index is 0.0466. The molecule has 0 saturated carbocycles. The minimum atomic E-state index is -3.68. The van der Waals surface area contributed by atoms with Gasteiger partial charge in [-0.3, -0.25) is 9.59 Å². The van der Waals surface area contributed by atoms with E-state index < -0.39 is 15.6 Å². The van der Waals surface area contributed by atoms with Gasteiger partial charge in [0.2, 0.25) is 15.9 Å². The molecule has 1 aliphatic heterocycles. The lowest BCUT2D eigenvalue weighted by Gasteiger charge is -2.20. The van der Waals surface area contributed by atoms with Crippen LogP contribution in [0.1, 0.15) is 36.8 Å². The Labute approximate surface area is 171 Å². The van der Waals surface area contributed by atoms with Gasteiger partial charge < -0.3 is 9.88 Å². The highest BCUT2D eigenvalue weighted by molar-refractivity contribution is 7.89. The first-order valence-corrected chi connectivity index (χ1v) is 11.3. The number of hydrogen-bond donors (Lipinski definition) is 1. The number of rotatable bonds is 6. The summed E-state index contributed by atoms with van der Waals surface area (Å²) in [6.07, 6.45) is 4.98. The lowest BCUT2D eigenvalue weighted by molar-refractivity contribution is -0.121. The predicted molar refractivity (Wildman–Crippen MR) is 111 cm³/mol. The molecule has 2 heterocycles. The van der Waals surface area contributed by atoms with E-state index in [2.05, 4.69) is 5.32 Å². The fourth-order valence-corrected chi connectivity index (χ4v) is 4.87. The summed E-state index contributed by atoms with van der Waals surface area (Å²) in [5.41, 5.74) is 1.67. The van der Waals surface area contributed by atoms with Gasteiger partial charge in [0.05, 0.1) is 4.90 Å². The Balaban J connectivity index is 1.70. The number of benzene rings is 1. The van der Waals surface area contributed by atoms with E-state index >= 15 is 0 Å². The van der Waals surface area contributed by atoms with Gasteiger partial charge in [-0.1, -0.05) is 42.7 Å². The molecule has 0 bridgehead atoms. The van der Waals surface area contributed by atoms with Gasteiger partial charge in [0.25, 0.3) is 5.56 Å². The summed E-state index contributed by atoms with van der Waals surface area (Å²) in [6, 6.07) is 10.3. The maximum Gasteiger partial charge on any atom is 0.251 e. The maximum absolute atomic E-state index is 12.9. The van der Waals surface area contributed by atoms with Crippen LogP contribution in [0.4, 0.5) is 0 Å². The largest absolute Gasteiger partial charge is 0.350 e. The van der Waals surface area contributed by atoms with Gasteiger partial charge in [-0.25, -0.2) is 8.42 Å². The summed E-state index contributed by atoms with van der Waals surface area (Å²) >= 11 is 0. The second-order valence-electron chi connectivity index (χ2n) is 7.41. The Kier molecular flexibility index (Phi) is 6.87. The van der Waals surface area contributed by atoms with Gasteiger partial charge in [-0.2, -0.15) is 4.31 Å². The molecule has 8 heteroatoms. The summed E-state index contributed by atoms with van der Waals surface area (Å²) < 4.78 is 28.5. The molecule has 3 rings (SSSR count). The van der Waals surface area contributed by atoms with Gasteiger partial charge in [0, 0.05) is 31.9 Å². The summed E-state index contributed by atoms with van der Waals surface area (Å²) in [7, 11) is -3.68. The molecule has 0 radical (unpaired) electrons. The van der Waals surface area contributed by atoms with Crippen LogP contribution in [0.2, 0.25) is 0 Å². The first-order chi connectivity index (χ1) is 13.9. The number of amides is 1. The van der Waals surface area contributed by atoms with Crippen LogP contribution < -0.4 is 10.9 Å². The summed E-state index contributed by atoms with van der Waals surface area (Å²) in [5.74, 6) is -0.350. The molecule has 1 N–H and O–H groups in total. The molecule has 0 aliphatic carbocycles. The Bertz CT molecular complexity index is 1000. The molecule has 0 spiro atoms. The second kappa shape index (κ2) is 9.37. The Morgan fingerprint density at radius 1 is 1.00 bits per heavy atom. The van der Waals surface area contributed by atoms with E-state index in [0.717, 1.165) is 41.4 Å². The highest BCUT2D eigenvalue weighted by Crippen LogP contribution is 2.19. The van der Waals surface area contributed by atoms with Crippen LogP contribution >= 0.6 is 0 Å². The lowest BCUT2D eigenvalue weighted by Crippen LogP contribution is -2.34. The lowest BCUT2D eigenvalue weighted by atomic mass is 10.1. The Morgan fingerprint density at radius 3 is 2.31 bits per heavy atom. The topological polar surface area (TPSA) is 88.5 Å². The van der Waals surface area contributed by atoms with Crippen molar-refractivity contribution in [3.05, 3.63) is 64.1 Å². The van der Waals surface area contributed by atoms with Crippen molar-refractivity contribution in [2.75, 3.05) is 13.1 Å². The molecule has 2 aromatic rings. The van der Waals surface area contributed by atoms with Crippen molar-refractivity contribution in [1.82, 2.24) is 14.2 Å². The number of nitrogens with zero attached hydrogens (tertiary/aromatic N) is 2. The first-order valence-electron chi connectivity index (χ1n) is 9.89. The monoisotopic (exact) mass is 417 g/mol. The summed E-state index contributed by atoms with van der Waals surface area (Å²) in [4.78, 5) is 24.5. The van der Waals surface area contributed by atoms with Crippen molar-refractivity contribution in [3.8, 4) is 0 Å². The van der Waals surface area contributed by atoms with E-state index in [1.54, 1.807) is 0 Å². The number of carbonyl (C=O) groups excluding carboxylic acids is 1. The van der Waals surface area contributed by atoms with Crippen molar-refractivity contribution < 1.29 is 13.2 Å². The minimum Gasteiger partial charge on any atom is -0.350 e. The van der Waals surface area contributed by atoms with Gasteiger partial charge in [0.15, 0.2) is 0 Å². The van der Waals surface area contributed by atoms with Crippen LogP contribution in [0.15, 0.2) is 52.3 Å². The molecular weight excluding hydrogens is 390 g/mol. The Hall–Kier alpha value is -2.45. The van der Waals surface area contributed by atoms with Crippen LogP contribution in [0, 0.1) is 6.92 Å². The third kappa shape index (κ3) is 5.55. The van der Waals surface area contributed by atoms with Crippen LogP contribution in [0.5, 0.6) is 0 Å². The number of aromatic nitrogens is 1. The smallest absolute Gasteiger partial charge is 0.251 e. The van der Waals surface area contributed by atoms with Crippen molar-refractivity contribution >= 4 is 15.9 Å². The molecule has 29 heavy (non-hydrogen) atoms. The molecule has 0 atom stereocenters. The van der Waals surface area contributed by atoms with Gasteiger partial charge in [-0.05, 0) is 31.4 Å². The molecule has 1 aromatic heterocycles. The highest BCUT2D eigenvalue weighted by Gasteiger charge is 2.25. The molecule has 1 aromatic carbocycles. The van der Waals surface area contributed by atoms with E-state index in [1.807, 2.05) is 31.2 Å². The third-order valence-electron chi connectivity index (χ3n) is 5.08. The number of carbonyl (C=O) groups is 1. The molecule has 7 nitrogen and oxygen atoms in total. The zero-order chi connectivity index (χ0) is 20.9. The fourth-order valence-electron chi connectivity index (χ4n) is 3.33. The van der Waals surface area contributed by atoms with Crippen molar-refractivity contribution in [2.24, 2.45) is 0 Å². The van der Waals surface area contributed by atoms with E-state index in [4.69, 9.17) is 0 Å². The molecule has 156 valence electrons. The predicted octanol–water partition coefficient (Wildman–Crippen LogP) is 2.04. The van der Waals surface area contributed by atoms with Crippen LogP contribution in [-0.2, 0) is 27.9 Å². The van der Waals surface area contributed by atoms with Crippen molar-refractivity contribution in [1.29, 1.82) is 0 Å². The van der Waals surface area contributed by atoms with Crippen molar-refractivity contribution in [2.45, 2.75) is 50.6 Å². The first kappa shape index (κ1) is 21.3. The van der Waals surface area contributed by atoms with E-state index in [9.17, 15) is 18.0 Å².